The minimum Gasteiger partial charge on any atom is -0.370 e. The average molecular weight is 321 g/mol. The smallest absolute Gasteiger partial charge is 0.148 e. The summed E-state index contributed by atoms with van der Waals surface area (Å²) in [6.45, 7) is 2.97. The van der Waals surface area contributed by atoms with E-state index in [1.807, 2.05) is 12.1 Å². The highest BCUT2D eigenvalue weighted by Crippen LogP contribution is 2.34. The molecular formula is C20H20FN3. The molecule has 1 N–H and O–H groups in total. The van der Waals surface area contributed by atoms with E-state index in [0.29, 0.717) is 5.69 Å². The zero-order valence-corrected chi connectivity index (χ0v) is 13.7. The Balaban J connectivity index is 1.94. The summed E-state index contributed by atoms with van der Waals surface area (Å²) in [5, 5.41) is 8.25. The third-order valence-electron chi connectivity index (χ3n) is 4.50. The van der Waals surface area contributed by atoms with Gasteiger partial charge in [-0.2, -0.15) is 5.10 Å². The Morgan fingerprint density at radius 2 is 1.96 bits per heavy atom. The molecule has 24 heavy (non-hydrogen) atoms. The van der Waals surface area contributed by atoms with E-state index in [1.54, 1.807) is 16.8 Å². The van der Waals surface area contributed by atoms with E-state index in [-0.39, 0.29) is 5.82 Å². The first-order valence-corrected chi connectivity index (χ1v) is 8.42. The van der Waals surface area contributed by atoms with Crippen molar-refractivity contribution < 1.29 is 4.39 Å². The molecule has 3 nitrogen and oxygen atoms in total. The van der Waals surface area contributed by atoms with Gasteiger partial charge in [0.05, 0.1) is 5.69 Å². The fraction of sp³-hybridized carbons (Fsp3) is 0.250. The summed E-state index contributed by atoms with van der Waals surface area (Å²) in [6, 6.07) is 15.1. The second-order valence-corrected chi connectivity index (χ2v) is 6.29. The lowest BCUT2D eigenvalue weighted by Crippen LogP contribution is -2.08. The molecule has 3 aromatic rings. The monoisotopic (exact) mass is 321 g/mol. The summed E-state index contributed by atoms with van der Waals surface area (Å²) in [6.07, 6.45) is 3.18. The van der Waals surface area contributed by atoms with Gasteiger partial charge in [-0.1, -0.05) is 35.9 Å². The Bertz CT molecular complexity index is 882. The first-order chi connectivity index (χ1) is 11.7. The van der Waals surface area contributed by atoms with Gasteiger partial charge in [0.1, 0.15) is 17.3 Å². The first-order valence-electron chi connectivity index (χ1n) is 8.42. The first kappa shape index (κ1) is 14.9. The van der Waals surface area contributed by atoms with Crippen LogP contribution in [0.25, 0.3) is 16.9 Å². The number of fused-ring (bicyclic) bond motifs is 1. The number of nitrogens with one attached hydrogen (secondary N) is 1. The number of rotatable bonds is 2. The maximum Gasteiger partial charge on any atom is 0.148 e. The molecule has 4 rings (SSSR count). The second kappa shape index (κ2) is 6.11. The van der Waals surface area contributed by atoms with Gasteiger partial charge in [-0.25, -0.2) is 9.07 Å². The standard InChI is InChI=1S/C20H20FN3/c1-14-7-6-8-15(13-14)19-16-9-4-5-12-22-20(16)24(23-19)18-11-3-2-10-17(18)21/h2-3,6-8,10-11,13,22H,4-5,9,12H2,1H3. The predicted octanol–water partition coefficient (Wildman–Crippen LogP) is 4.74. The molecule has 0 radical (unpaired) electrons. The van der Waals surface area contributed by atoms with E-state index in [0.717, 1.165) is 42.9 Å². The van der Waals surface area contributed by atoms with Crippen LogP contribution >= 0.6 is 0 Å². The number of aromatic nitrogens is 2. The number of para-hydroxylation sites is 1. The Labute approximate surface area is 141 Å². The summed E-state index contributed by atoms with van der Waals surface area (Å²) >= 11 is 0. The van der Waals surface area contributed by atoms with Crippen molar-refractivity contribution in [3.8, 4) is 16.9 Å². The lowest BCUT2D eigenvalue weighted by molar-refractivity contribution is 0.611. The summed E-state index contributed by atoms with van der Waals surface area (Å²) in [5.41, 5.74) is 4.91. The van der Waals surface area contributed by atoms with Crippen molar-refractivity contribution in [1.29, 1.82) is 0 Å². The van der Waals surface area contributed by atoms with Crippen LogP contribution in [0.1, 0.15) is 24.0 Å². The number of benzene rings is 2. The molecule has 1 aliphatic rings. The second-order valence-electron chi connectivity index (χ2n) is 6.29. The minimum atomic E-state index is -0.260. The molecule has 0 spiro atoms. The summed E-state index contributed by atoms with van der Waals surface area (Å²) in [7, 11) is 0. The van der Waals surface area contributed by atoms with Gasteiger partial charge in [0, 0.05) is 17.7 Å². The number of aryl methyl sites for hydroxylation is 1. The highest BCUT2D eigenvalue weighted by atomic mass is 19.1. The van der Waals surface area contributed by atoms with Gasteiger partial charge in [-0.05, 0) is 44.4 Å². The molecule has 2 heterocycles. The molecule has 1 aliphatic heterocycles. The highest BCUT2D eigenvalue weighted by Gasteiger charge is 2.22. The van der Waals surface area contributed by atoms with Crippen molar-refractivity contribution in [3.63, 3.8) is 0 Å². The topological polar surface area (TPSA) is 29.9 Å². The number of hydrogen-bond acceptors (Lipinski definition) is 2. The van der Waals surface area contributed by atoms with Gasteiger partial charge in [0.2, 0.25) is 0 Å². The van der Waals surface area contributed by atoms with Gasteiger partial charge in [0.15, 0.2) is 0 Å². The van der Waals surface area contributed by atoms with Gasteiger partial charge in [-0.15, -0.1) is 0 Å². The SMILES string of the molecule is Cc1cccc(-c2nn(-c3ccccc3F)c3c2CCCCN3)c1. The molecule has 2 aromatic carbocycles. The summed E-state index contributed by atoms with van der Waals surface area (Å²) in [4.78, 5) is 0. The summed E-state index contributed by atoms with van der Waals surface area (Å²) in [5.74, 6) is 0.666. The fourth-order valence-corrected chi connectivity index (χ4v) is 3.32. The number of nitrogens with zero attached hydrogens (tertiary/aromatic N) is 2. The minimum absolute atomic E-state index is 0.260. The molecule has 1 aromatic heterocycles. The lowest BCUT2D eigenvalue weighted by atomic mass is 10.0. The third-order valence-corrected chi connectivity index (χ3v) is 4.50. The maximum absolute atomic E-state index is 14.3. The van der Waals surface area contributed by atoms with E-state index in [9.17, 15) is 4.39 Å². The number of hydrogen-bond donors (Lipinski definition) is 1. The van der Waals surface area contributed by atoms with Crippen LogP contribution in [0, 0.1) is 12.7 Å². The van der Waals surface area contributed by atoms with Crippen LogP contribution in [0.2, 0.25) is 0 Å². The predicted molar refractivity (Wildman–Crippen MR) is 95.1 cm³/mol. The largest absolute Gasteiger partial charge is 0.370 e. The highest BCUT2D eigenvalue weighted by molar-refractivity contribution is 5.71. The molecule has 0 amide bonds. The third kappa shape index (κ3) is 2.58. The van der Waals surface area contributed by atoms with E-state index in [1.165, 1.54) is 17.2 Å². The van der Waals surface area contributed by atoms with Crippen molar-refractivity contribution in [1.82, 2.24) is 9.78 Å². The Kier molecular flexibility index (Phi) is 3.81. The average Bonchev–Trinajstić information content (AvgIpc) is 2.77. The van der Waals surface area contributed by atoms with Crippen molar-refractivity contribution in [2.75, 3.05) is 11.9 Å². The van der Waals surface area contributed by atoms with E-state index < -0.39 is 0 Å². The van der Waals surface area contributed by atoms with Crippen molar-refractivity contribution in [2.24, 2.45) is 0 Å². The van der Waals surface area contributed by atoms with Crippen LogP contribution in [0.4, 0.5) is 10.2 Å². The van der Waals surface area contributed by atoms with Crippen LogP contribution in [0.15, 0.2) is 48.5 Å². The van der Waals surface area contributed by atoms with Crippen LogP contribution in [-0.4, -0.2) is 16.3 Å². The number of halogens is 1. The molecule has 0 unspecified atom stereocenters. The molecular weight excluding hydrogens is 301 g/mol. The van der Waals surface area contributed by atoms with Gasteiger partial charge >= 0.3 is 0 Å². The van der Waals surface area contributed by atoms with E-state index >= 15 is 0 Å². The zero-order valence-electron chi connectivity index (χ0n) is 13.7. The molecule has 0 atom stereocenters. The molecule has 0 bridgehead atoms. The fourth-order valence-electron chi connectivity index (χ4n) is 3.32. The van der Waals surface area contributed by atoms with E-state index in [4.69, 9.17) is 5.10 Å². The number of anilines is 1. The van der Waals surface area contributed by atoms with E-state index in [2.05, 4.69) is 30.4 Å². The quantitative estimate of drug-likeness (QED) is 0.739. The molecule has 0 saturated carbocycles. The molecule has 0 saturated heterocycles. The van der Waals surface area contributed by atoms with Gasteiger partial charge < -0.3 is 5.32 Å². The zero-order chi connectivity index (χ0) is 16.5. The van der Waals surface area contributed by atoms with Gasteiger partial charge in [-0.3, -0.25) is 0 Å². The van der Waals surface area contributed by atoms with Crippen LogP contribution in [0.5, 0.6) is 0 Å². The van der Waals surface area contributed by atoms with Crippen LogP contribution in [0.3, 0.4) is 0 Å². The Hall–Kier alpha value is -2.62. The normalized spacial score (nSPS) is 13.9. The van der Waals surface area contributed by atoms with Crippen LogP contribution < -0.4 is 5.32 Å². The molecule has 4 heteroatoms. The summed E-state index contributed by atoms with van der Waals surface area (Å²) < 4.78 is 16.1. The lowest BCUT2D eigenvalue weighted by Gasteiger charge is -2.09. The van der Waals surface area contributed by atoms with Crippen molar-refractivity contribution in [3.05, 3.63) is 65.5 Å². The van der Waals surface area contributed by atoms with Crippen molar-refractivity contribution in [2.45, 2.75) is 26.2 Å². The Morgan fingerprint density at radius 3 is 2.79 bits per heavy atom. The molecule has 0 aliphatic carbocycles. The van der Waals surface area contributed by atoms with Crippen LogP contribution in [-0.2, 0) is 6.42 Å². The van der Waals surface area contributed by atoms with Gasteiger partial charge in [0.25, 0.3) is 0 Å². The molecule has 0 fully saturated rings. The van der Waals surface area contributed by atoms with Crippen molar-refractivity contribution >= 4 is 5.82 Å². The maximum atomic E-state index is 14.3. The molecule has 122 valence electrons. The Morgan fingerprint density at radius 1 is 1.08 bits per heavy atom.